The second-order valence-electron chi connectivity index (χ2n) is 5.45. The Labute approximate surface area is 119 Å². The van der Waals surface area contributed by atoms with Gasteiger partial charge in [0.05, 0.1) is 12.5 Å². The molecule has 0 aromatic rings. The van der Waals surface area contributed by atoms with Crippen molar-refractivity contribution in [3.05, 3.63) is 0 Å². The molecule has 0 saturated heterocycles. The number of carbonyl (C=O) groups excluding carboxylic acids is 1. The van der Waals surface area contributed by atoms with Crippen molar-refractivity contribution < 1.29 is 13.7 Å². The average molecular weight is 289 g/mol. The van der Waals surface area contributed by atoms with Crippen molar-refractivity contribution in [2.24, 2.45) is 5.92 Å². The maximum atomic E-state index is 11.8. The molecular weight excluding hydrogens is 262 g/mol. The van der Waals surface area contributed by atoms with Gasteiger partial charge in [-0.1, -0.05) is 6.42 Å². The van der Waals surface area contributed by atoms with E-state index >= 15 is 0 Å². The molecule has 0 aliphatic heterocycles. The SMILES string of the molecule is CCOC(=O)C1CCCC(NC(C)CCS(C)=O)C1. The molecule has 1 saturated carbocycles. The summed E-state index contributed by atoms with van der Waals surface area (Å²) in [4.78, 5) is 11.8. The first kappa shape index (κ1) is 16.6. The lowest BCUT2D eigenvalue weighted by molar-refractivity contribution is -0.149. The lowest BCUT2D eigenvalue weighted by Gasteiger charge is -2.30. The molecule has 1 rings (SSSR count). The summed E-state index contributed by atoms with van der Waals surface area (Å²) in [5, 5.41) is 3.56. The molecule has 0 radical (unpaired) electrons. The van der Waals surface area contributed by atoms with Crippen LogP contribution in [0.1, 0.15) is 46.0 Å². The van der Waals surface area contributed by atoms with E-state index in [0.29, 0.717) is 18.7 Å². The highest BCUT2D eigenvalue weighted by Crippen LogP contribution is 2.25. The first-order valence-electron chi connectivity index (χ1n) is 7.25. The number of carbonyl (C=O) groups is 1. The van der Waals surface area contributed by atoms with Gasteiger partial charge in [-0.15, -0.1) is 0 Å². The highest BCUT2D eigenvalue weighted by atomic mass is 32.2. The Morgan fingerprint density at radius 2 is 2.21 bits per heavy atom. The van der Waals surface area contributed by atoms with Gasteiger partial charge in [0.15, 0.2) is 0 Å². The average Bonchev–Trinajstić information content (AvgIpc) is 2.37. The molecule has 1 aliphatic carbocycles. The molecule has 0 heterocycles. The molecule has 19 heavy (non-hydrogen) atoms. The van der Waals surface area contributed by atoms with Crippen LogP contribution in [0.3, 0.4) is 0 Å². The van der Waals surface area contributed by atoms with E-state index < -0.39 is 10.8 Å². The maximum Gasteiger partial charge on any atom is 0.308 e. The van der Waals surface area contributed by atoms with Gasteiger partial charge >= 0.3 is 5.97 Å². The molecule has 0 spiro atoms. The molecule has 4 unspecified atom stereocenters. The zero-order chi connectivity index (χ0) is 14.3. The van der Waals surface area contributed by atoms with Crippen LogP contribution in [0.25, 0.3) is 0 Å². The van der Waals surface area contributed by atoms with Gasteiger partial charge in [0.25, 0.3) is 0 Å². The van der Waals surface area contributed by atoms with Crippen LogP contribution in [0.15, 0.2) is 0 Å². The highest BCUT2D eigenvalue weighted by molar-refractivity contribution is 7.84. The lowest BCUT2D eigenvalue weighted by Crippen LogP contribution is -2.41. The molecule has 0 amide bonds. The maximum absolute atomic E-state index is 11.8. The van der Waals surface area contributed by atoms with Gasteiger partial charge in [0, 0.05) is 34.9 Å². The van der Waals surface area contributed by atoms with E-state index in [0.717, 1.165) is 37.9 Å². The second-order valence-corrected chi connectivity index (χ2v) is 7.00. The molecular formula is C14H27NO3S. The fourth-order valence-corrected chi connectivity index (χ4v) is 3.33. The Balaban J connectivity index is 2.33. The highest BCUT2D eigenvalue weighted by Gasteiger charge is 2.28. The number of ether oxygens (including phenoxy) is 1. The van der Waals surface area contributed by atoms with Gasteiger partial charge in [-0.2, -0.15) is 0 Å². The van der Waals surface area contributed by atoms with Crippen LogP contribution in [-0.4, -0.2) is 40.9 Å². The van der Waals surface area contributed by atoms with Crippen LogP contribution >= 0.6 is 0 Å². The largest absolute Gasteiger partial charge is 0.466 e. The molecule has 0 aromatic carbocycles. The predicted octanol–water partition coefficient (Wildman–Crippen LogP) is 1.85. The van der Waals surface area contributed by atoms with E-state index in [4.69, 9.17) is 4.74 Å². The Bertz CT molecular complexity index is 309. The van der Waals surface area contributed by atoms with Gasteiger partial charge in [-0.25, -0.2) is 0 Å². The van der Waals surface area contributed by atoms with Gasteiger partial charge in [0.2, 0.25) is 0 Å². The standard InChI is InChI=1S/C14H27NO3S/c1-4-18-14(16)12-6-5-7-13(10-12)15-11(2)8-9-19(3)17/h11-13,15H,4-10H2,1-3H3. The molecule has 1 N–H and O–H groups in total. The Morgan fingerprint density at radius 3 is 2.84 bits per heavy atom. The third-order valence-corrected chi connectivity index (χ3v) is 4.46. The first-order chi connectivity index (χ1) is 9.02. The topological polar surface area (TPSA) is 55.4 Å². The quantitative estimate of drug-likeness (QED) is 0.727. The van der Waals surface area contributed by atoms with Crippen molar-refractivity contribution in [1.29, 1.82) is 0 Å². The second kappa shape index (κ2) is 8.69. The van der Waals surface area contributed by atoms with Crippen molar-refractivity contribution in [1.82, 2.24) is 5.32 Å². The Morgan fingerprint density at radius 1 is 1.47 bits per heavy atom. The predicted molar refractivity (Wildman–Crippen MR) is 78.5 cm³/mol. The summed E-state index contributed by atoms with van der Waals surface area (Å²) in [5.74, 6) is 0.748. The van der Waals surface area contributed by atoms with Crippen molar-refractivity contribution in [3.63, 3.8) is 0 Å². The summed E-state index contributed by atoms with van der Waals surface area (Å²) >= 11 is 0. The monoisotopic (exact) mass is 289 g/mol. The van der Waals surface area contributed by atoms with Gasteiger partial charge in [-0.05, 0) is 39.5 Å². The van der Waals surface area contributed by atoms with Crippen molar-refractivity contribution in [3.8, 4) is 0 Å². The number of rotatable bonds is 7. The summed E-state index contributed by atoms with van der Waals surface area (Å²) in [5.41, 5.74) is 0. The van der Waals surface area contributed by atoms with Crippen LogP contribution in [-0.2, 0) is 20.3 Å². The van der Waals surface area contributed by atoms with Crippen molar-refractivity contribution in [2.75, 3.05) is 18.6 Å². The third kappa shape index (κ3) is 6.52. The van der Waals surface area contributed by atoms with Crippen LogP contribution in [0.2, 0.25) is 0 Å². The first-order valence-corrected chi connectivity index (χ1v) is 8.98. The zero-order valence-corrected chi connectivity index (χ0v) is 13.1. The van der Waals surface area contributed by atoms with Gasteiger partial charge in [0.1, 0.15) is 0 Å². The normalized spacial score (nSPS) is 26.7. The summed E-state index contributed by atoms with van der Waals surface area (Å²) < 4.78 is 16.2. The Kier molecular flexibility index (Phi) is 7.61. The van der Waals surface area contributed by atoms with Crippen LogP contribution in [0, 0.1) is 5.92 Å². The minimum Gasteiger partial charge on any atom is -0.466 e. The van der Waals surface area contributed by atoms with E-state index in [1.807, 2.05) is 6.92 Å². The van der Waals surface area contributed by atoms with E-state index in [-0.39, 0.29) is 11.9 Å². The van der Waals surface area contributed by atoms with E-state index in [1.54, 1.807) is 6.26 Å². The third-order valence-electron chi connectivity index (χ3n) is 3.65. The molecule has 0 aromatic heterocycles. The minimum atomic E-state index is -0.724. The van der Waals surface area contributed by atoms with Gasteiger partial charge < -0.3 is 10.1 Å². The lowest BCUT2D eigenvalue weighted by atomic mass is 9.85. The minimum absolute atomic E-state index is 0.0451. The Hall–Kier alpha value is -0.420. The molecule has 1 aliphatic rings. The number of esters is 1. The molecule has 4 atom stereocenters. The van der Waals surface area contributed by atoms with Crippen LogP contribution < -0.4 is 5.32 Å². The molecule has 1 fully saturated rings. The summed E-state index contributed by atoms with van der Waals surface area (Å²) in [6.07, 6.45) is 6.68. The number of nitrogens with one attached hydrogen (secondary N) is 1. The van der Waals surface area contributed by atoms with E-state index in [9.17, 15) is 9.00 Å². The number of hydrogen-bond acceptors (Lipinski definition) is 4. The summed E-state index contributed by atoms with van der Waals surface area (Å²) in [7, 11) is -0.724. The smallest absolute Gasteiger partial charge is 0.308 e. The molecule has 0 bridgehead atoms. The molecule has 112 valence electrons. The molecule has 5 heteroatoms. The van der Waals surface area contributed by atoms with E-state index in [2.05, 4.69) is 12.2 Å². The van der Waals surface area contributed by atoms with Crippen LogP contribution in [0.5, 0.6) is 0 Å². The van der Waals surface area contributed by atoms with Crippen molar-refractivity contribution in [2.45, 2.75) is 58.0 Å². The molecule has 4 nitrogen and oxygen atoms in total. The summed E-state index contributed by atoms with van der Waals surface area (Å²) in [6, 6.07) is 0.748. The fraction of sp³-hybridized carbons (Fsp3) is 0.929. The number of hydrogen-bond donors (Lipinski definition) is 1. The van der Waals surface area contributed by atoms with E-state index in [1.165, 1.54) is 0 Å². The van der Waals surface area contributed by atoms with Crippen LogP contribution in [0.4, 0.5) is 0 Å². The zero-order valence-electron chi connectivity index (χ0n) is 12.3. The fourth-order valence-electron chi connectivity index (χ4n) is 2.64. The van der Waals surface area contributed by atoms with Gasteiger partial charge in [-0.3, -0.25) is 9.00 Å². The summed E-state index contributed by atoms with van der Waals surface area (Å²) in [6.45, 7) is 4.44. The van der Waals surface area contributed by atoms with Crippen molar-refractivity contribution >= 4 is 16.8 Å².